The van der Waals surface area contributed by atoms with Gasteiger partial charge in [-0.05, 0) is 66.2 Å². The fourth-order valence-electron chi connectivity index (χ4n) is 3.99. The topological polar surface area (TPSA) is 79.7 Å². The van der Waals surface area contributed by atoms with Gasteiger partial charge in [-0.3, -0.25) is 9.36 Å². The van der Waals surface area contributed by atoms with E-state index < -0.39 is 5.97 Å². The number of carbonyl (C=O) groups is 1. The minimum atomic E-state index is -0.566. The van der Waals surface area contributed by atoms with Crippen molar-refractivity contribution >= 4 is 27.6 Å². The Bertz CT molecular complexity index is 1590. The first-order chi connectivity index (χ1) is 17.6. The van der Waals surface area contributed by atoms with Gasteiger partial charge in [-0.2, -0.15) is 0 Å². The van der Waals surface area contributed by atoms with Gasteiger partial charge in [0.25, 0.3) is 5.56 Å². The van der Waals surface area contributed by atoms with E-state index in [1.807, 2.05) is 55.5 Å². The summed E-state index contributed by atoms with van der Waals surface area (Å²) in [5.41, 5.74) is 0.881. The summed E-state index contributed by atoms with van der Waals surface area (Å²) in [6.07, 6.45) is 0. The number of fused-ring (bicyclic) bond motifs is 2. The molecule has 7 nitrogen and oxygen atoms in total. The fourth-order valence-corrected chi connectivity index (χ4v) is 3.99. The summed E-state index contributed by atoms with van der Waals surface area (Å²) in [5, 5.41) is 2.58. The number of ether oxygens (including phenoxy) is 3. The largest absolute Gasteiger partial charge is 0.494 e. The molecule has 7 heteroatoms. The van der Waals surface area contributed by atoms with Crippen LogP contribution in [-0.2, 0) is 16.1 Å². The highest BCUT2D eigenvalue weighted by molar-refractivity contribution is 5.84. The number of hydrogen-bond acceptors (Lipinski definition) is 6. The summed E-state index contributed by atoms with van der Waals surface area (Å²) in [6.45, 7) is 1.99. The van der Waals surface area contributed by atoms with Crippen LogP contribution in [0.5, 0.6) is 11.5 Å². The van der Waals surface area contributed by atoms with Crippen LogP contribution >= 0.6 is 0 Å². The van der Waals surface area contributed by atoms with Gasteiger partial charge >= 0.3 is 5.97 Å². The lowest BCUT2D eigenvalue weighted by Gasteiger charge is -2.14. The van der Waals surface area contributed by atoms with E-state index in [-0.39, 0.29) is 18.8 Å². The van der Waals surface area contributed by atoms with Gasteiger partial charge in [0.15, 0.2) is 12.4 Å². The first-order valence-electron chi connectivity index (χ1n) is 11.6. The van der Waals surface area contributed by atoms with Crippen molar-refractivity contribution in [3.63, 3.8) is 0 Å². The monoisotopic (exact) mass is 480 g/mol. The van der Waals surface area contributed by atoms with Gasteiger partial charge in [-0.1, -0.05) is 42.5 Å². The molecular weight excluding hydrogens is 456 g/mol. The Morgan fingerprint density at radius 2 is 1.56 bits per heavy atom. The van der Waals surface area contributed by atoms with Gasteiger partial charge in [0, 0.05) is 0 Å². The molecule has 0 radical (unpaired) electrons. The molecule has 0 atom stereocenters. The predicted octanol–water partition coefficient (Wildman–Crippen LogP) is 5.06. The van der Waals surface area contributed by atoms with Crippen molar-refractivity contribution in [2.45, 2.75) is 13.5 Å². The van der Waals surface area contributed by atoms with Crippen LogP contribution in [0.15, 0.2) is 95.8 Å². The molecule has 0 unspecified atom stereocenters. The second-order valence-corrected chi connectivity index (χ2v) is 8.07. The van der Waals surface area contributed by atoms with E-state index in [4.69, 9.17) is 14.2 Å². The van der Waals surface area contributed by atoms with E-state index in [0.29, 0.717) is 40.5 Å². The van der Waals surface area contributed by atoms with Crippen molar-refractivity contribution in [1.29, 1.82) is 0 Å². The minimum Gasteiger partial charge on any atom is -0.494 e. The van der Waals surface area contributed by atoms with Crippen LogP contribution in [0.3, 0.4) is 0 Å². The predicted molar refractivity (Wildman–Crippen MR) is 138 cm³/mol. The molecule has 0 saturated carbocycles. The van der Waals surface area contributed by atoms with Crippen molar-refractivity contribution < 1.29 is 19.0 Å². The summed E-state index contributed by atoms with van der Waals surface area (Å²) in [5.74, 6) is 1.01. The van der Waals surface area contributed by atoms with Gasteiger partial charge in [0.1, 0.15) is 18.1 Å². The maximum absolute atomic E-state index is 13.3. The average Bonchev–Trinajstić information content (AvgIpc) is 2.91. The minimum absolute atomic E-state index is 0.187. The first kappa shape index (κ1) is 23.1. The van der Waals surface area contributed by atoms with Gasteiger partial charge in [0.2, 0.25) is 0 Å². The van der Waals surface area contributed by atoms with E-state index in [9.17, 15) is 9.59 Å². The Morgan fingerprint density at radius 3 is 2.36 bits per heavy atom. The normalized spacial score (nSPS) is 10.9. The molecule has 0 aliphatic carbocycles. The summed E-state index contributed by atoms with van der Waals surface area (Å²) < 4.78 is 18.0. The molecule has 0 fully saturated rings. The number of para-hydroxylation sites is 1. The van der Waals surface area contributed by atoms with E-state index in [1.54, 1.807) is 42.5 Å². The Labute approximate surface area is 207 Å². The number of nitrogens with zero attached hydrogens (tertiary/aromatic N) is 2. The molecule has 0 saturated heterocycles. The zero-order valence-electron chi connectivity index (χ0n) is 19.7. The Kier molecular flexibility index (Phi) is 6.62. The number of benzene rings is 4. The molecule has 0 aliphatic heterocycles. The van der Waals surface area contributed by atoms with Crippen LogP contribution in [0.1, 0.15) is 12.7 Å². The van der Waals surface area contributed by atoms with Crippen LogP contribution in [0.4, 0.5) is 0 Å². The molecule has 1 heterocycles. The Morgan fingerprint density at radius 1 is 0.833 bits per heavy atom. The molecule has 4 aromatic carbocycles. The molecule has 0 bridgehead atoms. The third kappa shape index (κ3) is 4.90. The molecule has 1 aromatic heterocycles. The number of esters is 1. The van der Waals surface area contributed by atoms with Crippen molar-refractivity contribution in [3.05, 3.63) is 107 Å². The highest BCUT2D eigenvalue weighted by Gasteiger charge is 2.15. The molecule has 0 amide bonds. The summed E-state index contributed by atoms with van der Waals surface area (Å²) in [7, 11) is 0. The SMILES string of the molecule is CCOc1ccc(-n2c(COC(=O)COc3ccc4ccccc4c3)nc3ccccc3c2=O)cc1. The Hall–Kier alpha value is -4.65. The quantitative estimate of drug-likeness (QED) is 0.289. The highest BCUT2D eigenvalue weighted by Crippen LogP contribution is 2.21. The molecule has 0 aliphatic rings. The van der Waals surface area contributed by atoms with Crippen molar-refractivity contribution in [2.24, 2.45) is 0 Å². The van der Waals surface area contributed by atoms with Gasteiger partial charge in [0.05, 0.1) is 23.2 Å². The number of aromatic nitrogens is 2. The van der Waals surface area contributed by atoms with Crippen LogP contribution in [0, 0.1) is 0 Å². The highest BCUT2D eigenvalue weighted by atomic mass is 16.6. The smallest absolute Gasteiger partial charge is 0.344 e. The molecule has 5 rings (SSSR count). The molecular formula is C29H24N2O5. The Balaban J connectivity index is 1.36. The summed E-state index contributed by atoms with van der Waals surface area (Å²) in [4.78, 5) is 30.4. The lowest BCUT2D eigenvalue weighted by molar-refractivity contribution is -0.147. The number of carbonyl (C=O) groups excluding carboxylic acids is 1. The zero-order valence-corrected chi connectivity index (χ0v) is 19.7. The lowest BCUT2D eigenvalue weighted by atomic mass is 10.1. The molecule has 36 heavy (non-hydrogen) atoms. The van der Waals surface area contributed by atoms with Crippen LogP contribution in [0.25, 0.3) is 27.4 Å². The summed E-state index contributed by atoms with van der Waals surface area (Å²) in [6, 6.07) is 27.7. The lowest BCUT2D eigenvalue weighted by Crippen LogP contribution is -2.25. The van der Waals surface area contributed by atoms with E-state index in [0.717, 1.165) is 10.8 Å². The molecule has 5 aromatic rings. The van der Waals surface area contributed by atoms with E-state index in [1.165, 1.54) is 4.57 Å². The van der Waals surface area contributed by atoms with Crippen LogP contribution in [0.2, 0.25) is 0 Å². The van der Waals surface area contributed by atoms with Crippen molar-refractivity contribution in [1.82, 2.24) is 9.55 Å². The first-order valence-corrected chi connectivity index (χ1v) is 11.6. The zero-order chi connectivity index (χ0) is 24.9. The second-order valence-electron chi connectivity index (χ2n) is 8.07. The maximum atomic E-state index is 13.3. The van der Waals surface area contributed by atoms with Gasteiger partial charge in [-0.25, -0.2) is 9.78 Å². The maximum Gasteiger partial charge on any atom is 0.344 e. The van der Waals surface area contributed by atoms with E-state index >= 15 is 0 Å². The standard InChI is InChI=1S/C29H24N2O5/c1-2-34-23-15-12-22(13-16-23)31-27(30-26-10-6-5-9-25(26)29(31)33)18-36-28(32)19-35-24-14-11-20-7-3-4-8-21(20)17-24/h3-17H,2,18-19H2,1H3. The van der Waals surface area contributed by atoms with E-state index in [2.05, 4.69) is 4.98 Å². The molecule has 180 valence electrons. The summed E-state index contributed by atoms with van der Waals surface area (Å²) >= 11 is 0. The van der Waals surface area contributed by atoms with Gasteiger partial charge < -0.3 is 14.2 Å². The van der Waals surface area contributed by atoms with Crippen LogP contribution in [-0.4, -0.2) is 28.7 Å². The number of hydrogen-bond donors (Lipinski definition) is 0. The van der Waals surface area contributed by atoms with Gasteiger partial charge in [-0.15, -0.1) is 0 Å². The third-order valence-corrected chi connectivity index (χ3v) is 5.69. The third-order valence-electron chi connectivity index (χ3n) is 5.69. The second kappa shape index (κ2) is 10.3. The average molecular weight is 481 g/mol. The van der Waals surface area contributed by atoms with Crippen molar-refractivity contribution in [3.8, 4) is 17.2 Å². The fraction of sp³-hybridized carbons (Fsp3) is 0.138. The number of rotatable bonds is 8. The van der Waals surface area contributed by atoms with Crippen LogP contribution < -0.4 is 15.0 Å². The molecule has 0 N–H and O–H groups in total. The van der Waals surface area contributed by atoms with Crippen molar-refractivity contribution in [2.75, 3.05) is 13.2 Å². The molecule has 0 spiro atoms.